The Kier molecular flexibility index (Phi) is 10.4. The van der Waals surface area contributed by atoms with Crippen LogP contribution in [0, 0.1) is 0 Å². The summed E-state index contributed by atoms with van der Waals surface area (Å²) in [6.07, 6.45) is 0. The molecular formula is C12H23F2NO5S. The van der Waals surface area contributed by atoms with Gasteiger partial charge < -0.3 is 9.64 Å². The molecule has 0 rings (SSSR count). The maximum Gasteiger partial charge on any atom is 0.402 e. The van der Waals surface area contributed by atoms with Crippen molar-refractivity contribution >= 4 is 16.1 Å². The number of esters is 1. The van der Waals surface area contributed by atoms with Gasteiger partial charge >= 0.3 is 21.3 Å². The molecule has 0 amide bonds. The number of nitrogens with zero attached hydrogens (tertiary/aromatic N) is 1. The largest absolute Gasteiger partial charge is 0.455 e. The quantitative estimate of drug-likeness (QED) is 0.436. The second kappa shape index (κ2) is 9.80. The molecule has 0 unspecified atom stereocenters. The van der Waals surface area contributed by atoms with Crippen LogP contribution in [0.1, 0.15) is 27.7 Å². The summed E-state index contributed by atoms with van der Waals surface area (Å²) in [5, 5.41) is -4.50. The molecule has 0 bridgehead atoms. The maximum atomic E-state index is 12.4. The third-order valence-corrected chi connectivity index (χ3v) is 3.31. The molecule has 0 heterocycles. The normalized spacial score (nSPS) is 11.6. The van der Waals surface area contributed by atoms with Gasteiger partial charge in [-0.3, -0.25) is 4.55 Å². The Labute approximate surface area is 124 Å². The second-order valence-electron chi connectivity index (χ2n) is 4.09. The van der Waals surface area contributed by atoms with E-state index in [2.05, 4.69) is 37.0 Å². The van der Waals surface area contributed by atoms with Crippen LogP contribution >= 0.6 is 0 Å². The fourth-order valence-corrected chi connectivity index (χ4v) is 1.23. The lowest BCUT2D eigenvalue weighted by Crippen LogP contribution is -2.34. The van der Waals surface area contributed by atoms with Gasteiger partial charge in [-0.25, -0.2) is 4.79 Å². The van der Waals surface area contributed by atoms with Crippen LogP contribution in [0.4, 0.5) is 8.78 Å². The Morgan fingerprint density at radius 3 is 1.81 bits per heavy atom. The van der Waals surface area contributed by atoms with Crippen molar-refractivity contribution in [2.45, 2.75) is 32.9 Å². The number of ether oxygens (including phenoxy) is 1. The number of alkyl halides is 2. The molecule has 126 valence electrons. The average Bonchev–Trinajstić information content (AvgIpc) is 2.37. The molecule has 0 aliphatic carbocycles. The summed E-state index contributed by atoms with van der Waals surface area (Å²) in [6, 6.07) is 0. The van der Waals surface area contributed by atoms with Gasteiger partial charge in [0.15, 0.2) is 6.61 Å². The molecule has 0 aliphatic rings. The van der Waals surface area contributed by atoms with E-state index in [4.69, 9.17) is 4.55 Å². The summed E-state index contributed by atoms with van der Waals surface area (Å²) in [5.74, 6) is -1.16. The van der Waals surface area contributed by atoms with E-state index >= 15 is 0 Å². The molecule has 0 radical (unpaired) electrons. The lowest BCUT2D eigenvalue weighted by molar-refractivity contribution is -0.144. The van der Waals surface area contributed by atoms with Gasteiger partial charge in [-0.1, -0.05) is 27.4 Å². The smallest absolute Gasteiger partial charge is 0.402 e. The number of hydrogen-bond donors (Lipinski definition) is 1. The van der Waals surface area contributed by atoms with E-state index < -0.39 is 27.9 Å². The highest BCUT2D eigenvalue weighted by molar-refractivity contribution is 7.86. The maximum absolute atomic E-state index is 12.4. The van der Waals surface area contributed by atoms with Crippen molar-refractivity contribution in [2.24, 2.45) is 0 Å². The molecule has 0 fully saturated rings. The predicted molar refractivity (Wildman–Crippen MR) is 75.7 cm³/mol. The SMILES string of the molecule is C=C(C)C(=O)OCC(F)(F)S(=O)(=O)O.CCN(CC)CC. The highest BCUT2D eigenvalue weighted by Crippen LogP contribution is 2.20. The molecule has 0 saturated heterocycles. The zero-order valence-electron chi connectivity index (χ0n) is 12.7. The molecule has 21 heavy (non-hydrogen) atoms. The fourth-order valence-electron chi connectivity index (χ4n) is 1.02. The van der Waals surface area contributed by atoms with Gasteiger partial charge in [-0.2, -0.15) is 17.2 Å². The molecule has 0 aromatic carbocycles. The predicted octanol–water partition coefficient (Wildman–Crippen LogP) is 1.93. The van der Waals surface area contributed by atoms with E-state index in [9.17, 15) is 22.0 Å². The van der Waals surface area contributed by atoms with Gasteiger partial charge in [-0.15, -0.1) is 0 Å². The number of carbonyl (C=O) groups is 1. The molecular weight excluding hydrogens is 308 g/mol. The van der Waals surface area contributed by atoms with Crippen molar-refractivity contribution in [2.75, 3.05) is 26.2 Å². The van der Waals surface area contributed by atoms with E-state index in [0.29, 0.717) is 0 Å². The summed E-state index contributed by atoms with van der Waals surface area (Å²) in [7, 11) is -5.56. The van der Waals surface area contributed by atoms with Crippen molar-refractivity contribution in [3.63, 3.8) is 0 Å². The second-order valence-corrected chi connectivity index (χ2v) is 5.64. The van der Waals surface area contributed by atoms with Gasteiger partial charge in [0.1, 0.15) is 0 Å². The van der Waals surface area contributed by atoms with E-state index in [1.165, 1.54) is 26.6 Å². The highest BCUT2D eigenvalue weighted by Gasteiger charge is 2.45. The fraction of sp³-hybridized carbons (Fsp3) is 0.750. The summed E-state index contributed by atoms with van der Waals surface area (Å²) in [6.45, 7) is 12.7. The summed E-state index contributed by atoms with van der Waals surface area (Å²) in [5.41, 5.74) is -0.156. The van der Waals surface area contributed by atoms with Gasteiger partial charge in [0.2, 0.25) is 0 Å². The van der Waals surface area contributed by atoms with E-state index in [1.54, 1.807) is 0 Å². The van der Waals surface area contributed by atoms with Crippen molar-refractivity contribution in [3.8, 4) is 0 Å². The average molecular weight is 331 g/mol. The Morgan fingerprint density at radius 1 is 1.24 bits per heavy atom. The molecule has 0 aromatic rings. The number of hydrogen-bond acceptors (Lipinski definition) is 5. The van der Waals surface area contributed by atoms with Crippen LogP contribution < -0.4 is 0 Å². The third kappa shape index (κ3) is 9.48. The zero-order valence-corrected chi connectivity index (χ0v) is 13.5. The lowest BCUT2D eigenvalue weighted by Gasteiger charge is -2.13. The molecule has 6 nitrogen and oxygen atoms in total. The first kappa shape index (κ1) is 22.2. The van der Waals surface area contributed by atoms with Gasteiger partial charge in [0.25, 0.3) is 0 Å². The Bertz CT molecular complexity index is 427. The Hall–Kier alpha value is -1.06. The number of rotatable bonds is 7. The van der Waals surface area contributed by atoms with Crippen molar-refractivity contribution < 1.29 is 31.3 Å². The van der Waals surface area contributed by atoms with E-state index in [-0.39, 0.29) is 5.57 Å². The molecule has 1 N–H and O–H groups in total. The van der Waals surface area contributed by atoms with Crippen LogP contribution in [0.25, 0.3) is 0 Å². The van der Waals surface area contributed by atoms with Crippen LogP contribution in [0.3, 0.4) is 0 Å². The van der Waals surface area contributed by atoms with Crippen LogP contribution in [-0.4, -0.2) is 55.3 Å². The van der Waals surface area contributed by atoms with E-state index in [0.717, 1.165) is 0 Å². The number of carbonyl (C=O) groups excluding carboxylic acids is 1. The minimum atomic E-state index is -5.56. The standard InChI is InChI=1S/C6H8F2O5S.C6H15N/c1-4(2)5(9)13-3-6(7,8)14(10,11)12;1-4-7(5-2)6-3/h1,3H2,2H3,(H,10,11,12);4-6H2,1-3H3. The zero-order chi connectivity index (χ0) is 17.3. The molecule has 0 spiro atoms. The van der Waals surface area contributed by atoms with Crippen molar-refractivity contribution in [3.05, 3.63) is 12.2 Å². The van der Waals surface area contributed by atoms with E-state index in [1.807, 2.05) is 0 Å². The molecule has 9 heteroatoms. The van der Waals surface area contributed by atoms with Crippen LogP contribution in [0.15, 0.2) is 12.2 Å². The lowest BCUT2D eigenvalue weighted by atomic mass is 10.4. The summed E-state index contributed by atoms with van der Waals surface area (Å²) >= 11 is 0. The van der Waals surface area contributed by atoms with Gasteiger partial charge in [0, 0.05) is 5.57 Å². The molecule has 0 aliphatic heterocycles. The first-order valence-electron chi connectivity index (χ1n) is 6.32. The molecule has 0 saturated carbocycles. The Morgan fingerprint density at radius 2 is 1.62 bits per heavy atom. The first-order chi connectivity index (χ1) is 9.42. The van der Waals surface area contributed by atoms with Gasteiger partial charge in [-0.05, 0) is 26.6 Å². The monoisotopic (exact) mass is 331 g/mol. The van der Waals surface area contributed by atoms with Crippen LogP contribution in [-0.2, 0) is 19.6 Å². The van der Waals surface area contributed by atoms with Crippen molar-refractivity contribution in [1.82, 2.24) is 4.90 Å². The Balaban J connectivity index is 0. The summed E-state index contributed by atoms with van der Waals surface area (Å²) in [4.78, 5) is 13.0. The van der Waals surface area contributed by atoms with Crippen molar-refractivity contribution in [1.29, 1.82) is 0 Å². The molecule has 0 atom stereocenters. The van der Waals surface area contributed by atoms with Crippen LogP contribution in [0.2, 0.25) is 0 Å². The first-order valence-corrected chi connectivity index (χ1v) is 7.76. The third-order valence-electron chi connectivity index (χ3n) is 2.44. The minimum absolute atomic E-state index is 0.156. The number of halogens is 2. The van der Waals surface area contributed by atoms with Crippen LogP contribution in [0.5, 0.6) is 0 Å². The topological polar surface area (TPSA) is 83.9 Å². The van der Waals surface area contributed by atoms with Gasteiger partial charge in [0.05, 0.1) is 0 Å². The minimum Gasteiger partial charge on any atom is -0.455 e. The summed E-state index contributed by atoms with van der Waals surface area (Å²) < 4.78 is 56.7. The highest BCUT2D eigenvalue weighted by atomic mass is 32.2. The molecule has 0 aromatic heterocycles.